The van der Waals surface area contributed by atoms with E-state index in [1.54, 1.807) is 0 Å². The van der Waals surface area contributed by atoms with Crippen molar-refractivity contribution < 1.29 is 14.3 Å². The molecule has 6 rings (SSSR count). The molecule has 1 aromatic heterocycles. The van der Waals surface area contributed by atoms with Crippen molar-refractivity contribution >= 4 is 34.1 Å². The highest BCUT2D eigenvalue weighted by atomic mass is 16.5. The van der Waals surface area contributed by atoms with Crippen molar-refractivity contribution in [3.8, 4) is 5.75 Å². The van der Waals surface area contributed by atoms with Gasteiger partial charge in [0.25, 0.3) is 5.91 Å². The number of rotatable bonds is 7. The maximum Gasteiger partial charge on any atom is 0.253 e. The average molecular weight is 489 g/mol. The quantitative estimate of drug-likeness (QED) is 0.466. The van der Waals surface area contributed by atoms with E-state index in [0.29, 0.717) is 24.7 Å². The molecule has 36 heavy (non-hydrogen) atoms. The first-order valence-electron chi connectivity index (χ1n) is 12.9. The van der Waals surface area contributed by atoms with E-state index in [1.807, 2.05) is 42.6 Å². The lowest BCUT2D eigenvalue weighted by molar-refractivity contribution is 0.0949. The van der Waals surface area contributed by atoms with Gasteiger partial charge in [0.2, 0.25) is 5.95 Å². The number of fused-ring (bicyclic) bond motifs is 1. The van der Waals surface area contributed by atoms with Crippen LogP contribution < -0.4 is 25.6 Å². The summed E-state index contributed by atoms with van der Waals surface area (Å²) in [6, 6.07) is 12.1. The molecule has 0 radical (unpaired) electrons. The molecule has 9 heteroatoms. The molecule has 1 aliphatic carbocycles. The zero-order chi connectivity index (χ0) is 24.3. The van der Waals surface area contributed by atoms with Gasteiger partial charge in [-0.3, -0.25) is 4.79 Å². The predicted octanol–water partition coefficient (Wildman–Crippen LogP) is 3.23. The maximum atomic E-state index is 13.1. The predicted molar refractivity (Wildman–Crippen MR) is 139 cm³/mol. The molecule has 2 aromatic carbocycles. The summed E-state index contributed by atoms with van der Waals surface area (Å²) in [6.07, 6.45) is 6.04. The van der Waals surface area contributed by atoms with Gasteiger partial charge in [0.05, 0.1) is 18.8 Å². The minimum Gasteiger partial charge on any atom is -0.488 e. The fourth-order valence-corrected chi connectivity index (χ4v) is 4.77. The Balaban J connectivity index is 1.27. The van der Waals surface area contributed by atoms with Gasteiger partial charge in [-0.25, -0.2) is 9.97 Å². The van der Waals surface area contributed by atoms with Crippen LogP contribution in [-0.4, -0.2) is 67.4 Å². The van der Waals surface area contributed by atoms with Crippen LogP contribution in [0.15, 0.2) is 42.6 Å². The smallest absolute Gasteiger partial charge is 0.253 e. The van der Waals surface area contributed by atoms with Crippen LogP contribution in [0, 0.1) is 0 Å². The summed E-state index contributed by atoms with van der Waals surface area (Å²) in [7, 11) is 0. The molecule has 0 bridgehead atoms. The second-order valence-electron chi connectivity index (χ2n) is 9.66. The molecule has 3 fully saturated rings. The number of hydrogen-bond acceptors (Lipinski definition) is 8. The number of ether oxygens (including phenoxy) is 2. The van der Waals surface area contributed by atoms with Gasteiger partial charge in [0, 0.05) is 42.1 Å². The van der Waals surface area contributed by atoms with Gasteiger partial charge in [-0.2, -0.15) is 0 Å². The minimum atomic E-state index is -0.0419. The Kier molecular flexibility index (Phi) is 6.57. The second kappa shape index (κ2) is 10.3. The van der Waals surface area contributed by atoms with Crippen molar-refractivity contribution in [3.63, 3.8) is 0 Å². The van der Waals surface area contributed by atoms with Crippen LogP contribution in [0.5, 0.6) is 5.75 Å². The summed E-state index contributed by atoms with van der Waals surface area (Å²) < 4.78 is 11.8. The summed E-state index contributed by atoms with van der Waals surface area (Å²) in [5.74, 6) is 1.20. The Morgan fingerprint density at radius 2 is 1.92 bits per heavy atom. The van der Waals surface area contributed by atoms with Crippen molar-refractivity contribution in [1.82, 2.24) is 20.6 Å². The van der Waals surface area contributed by atoms with Crippen molar-refractivity contribution in [1.29, 1.82) is 0 Å². The zero-order valence-electron chi connectivity index (χ0n) is 20.3. The highest BCUT2D eigenvalue weighted by Crippen LogP contribution is 2.30. The van der Waals surface area contributed by atoms with Gasteiger partial charge < -0.3 is 30.3 Å². The second-order valence-corrected chi connectivity index (χ2v) is 9.66. The lowest BCUT2D eigenvalue weighted by Crippen LogP contribution is -2.38. The van der Waals surface area contributed by atoms with Gasteiger partial charge in [-0.15, -0.1) is 0 Å². The fourth-order valence-electron chi connectivity index (χ4n) is 4.77. The van der Waals surface area contributed by atoms with Crippen LogP contribution in [0.2, 0.25) is 0 Å². The van der Waals surface area contributed by atoms with Crippen molar-refractivity contribution in [2.45, 2.75) is 37.8 Å². The first kappa shape index (κ1) is 23.0. The molecule has 1 amide bonds. The number of anilines is 3. The SMILES string of the molecule is O=C(NC1CC1)c1cc(Nc2ncc3cccc(OC4CCNCC4)c3n2)ccc1N1CCOCC1. The van der Waals surface area contributed by atoms with Crippen molar-refractivity contribution in [2.24, 2.45) is 0 Å². The highest BCUT2D eigenvalue weighted by Gasteiger charge is 2.26. The van der Waals surface area contributed by atoms with E-state index in [1.165, 1.54) is 0 Å². The maximum absolute atomic E-state index is 13.1. The first-order valence-corrected chi connectivity index (χ1v) is 12.9. The molecule has 3 aromatic rings. The van der Waals surface area contributed by atoms with Crippen LogP contribution in [0.3, 0.4) is 0 Å². The van der Waals surface area contributed by atoms with Crippen LogP contribution in [0.4, 0.5) is 17.3 Å². The van der Waals surface area contributed by atoms with E-state index in [-0.39, 0.29) is 18.1 Å². The number of nitrogens with one attached hydrogen (secondary N) is 3. The average Bonchev–Trinajstić information content (AvgIpc) is 3.74. The lowest BCUT2D eigenvalue weighted by atomic mass is 10.1. The highest BCUT2D eigenvalue weighted by molar-refractivity contribution is 6.01. The van der Waals surface area contributed by atoms with E-state index < -0.39 is 0 Å². The monoisotopic (exact) mass is 488 g/mol. The number of morpholine rings is 1. The number of benzene rings is 2. The van der Waals surface area contributed by atoms with Crippen molar-refractivity contribution in [3.05, 3.63) is 48.2 Å². The Labute approximate surface area is 210 Å². The lowest BCUT2D eigenvalue weighted by Gasteiger charge is -2.30. The normalized spacial score (nSPS) is 18.7. The molecular weight excluding hydrogens is 456 g/mol. The molecule has 3 aliphatic rings. The van der Waals surface area contributed by atoms with Crippen LogP contribution in [0.1, 0.15) is 36.0 Å². The third-order valence-corrected chi connectivity index (χ3v) is 6.92. The molecule has 9 nitrogen and oxygen atoms in total. The van der Waals surface area contributed by atoms with Crippen LogP contribution in [-0.2, 0) is 4.74 Å². The summed E-state index contributed by atoms with van der Waals surface area (Å²) in [5, 5.41) is 10.7. The topological polar surface area (TPSA) is 101 Å². The van der Waals surface area contributed by atoms with Crippen LogP contribution in [0.25, 0.3) is 10.9 Å². The number of amides is 1. The molecular formula is C27H32N6O3. The van der Waals surface area contributed by atoms with E-state index in [0.717, 1.165) is 79.9 Å². The number of nitrogens with zero attached hydrogens (tertiary/aromatic N) is 3. The number of hydrogen-bond donors (Lipinski definition) is 3. The Bertz CT molecular complexity index is 1240. The molecule has 188 valence electrons. The van der Waals surface area contributed by atoms with Gasteiger partial charge in [0.1, 0.15) is 17.4 Å². The molecule has 3 N–H and O–H groups in total. The van der Waals surface area contributed by atoms with Crippen molar-refractivity contribution in [2.75, 3.05) is 49.6 Å². The number of carbonyl (C=O) groups is 1. The molecule has 0 unspecified atom stereocenters. The molecule has 2 aliphatic heterocycles. The Morgan fingerprint density at radius 1 is 1.08 bits per heavy atom. The Morgan fingerprint density at radius 3 is 2.72 bits per heavy atom. The van der Waals surface area contributed by atoms with Crippen LogP contribution >= 0.6 is 0 Å². The number of para-hydroxylation sites is 1. The zero-order valence-corrected chi connectivity index (χ0v) is 20.3. The summed E-state index contributed by atoms with van der Waals surface area (Å²) in [5.41, 5.74) is 3.14. The minimum absolute atomic E-state index is 0.0419. The summed E-state index contributed by atoms with van der Waals surface area (Å²) >= 11 is 0. The summed E-state index contributed by atoms with van der Waals surface area (Å²) in [6.45, 7) is 4.80. The molecule has 1 saturated carbocycles. The largest absolute Gasteiger partial charge is 0.488 e. The standard InChI is InChI=1S/C27H32N6O3/c34-26(30-19-4-5-19)22-16-20(6-7-23(22)33-12-14-35-15-13-33)31-27-29-17-18-2-1-3-24(25(18)32-27)36-21-8-10-28-11-9-21/h1-3,6-7,16-17,19,21,28H,4-5,8-15H2,(H,30,34)(H,29,31,32). The van der Waals surface area contributed by atoms with E-state index in [2.05, 4.69) is 25.8 Å². The number of carbonyl (C=O) groups excluding carboxylic acids is 1. The van der Waals surface area contributed by atoms with Gasteiger partial charge >= 0.3 is 0 Å². The number of piperidine rings is 1. The number of aromatic nitrogens is 2. The third-order valence-electron chi connectivity index (χ3n) is 6.92. The molecule has 0 atom stereocenters. The van der Waals surface area contributed by atoms with E-state index in [9.17, 15) is 4.79 Å². The first-order chi connectivity index (χ1) is 17.7. The molecule has 0 spiro atoms. The Hall–Kier alpha value is -3.43. The molecule has 2 saturated heterocycles. The fraction of sp³-hybridized carbons (Fsp3) is 0.444. The third kappa shape index (κ3) is 5.22. The van der Waals surface area contributed by atoms with E-state index in [4.69, 9.17) is 14.5 Å². The van der Waals surface area contributed by atoms with E-state index >= 15 is 0 Å². The summed E-state index contributed by atoms with van der Waals surface area (Å²) in [4.78, 5) is 24.6. The van der Waals surface area contributed by atoms with Gasteiger partial charge in [0.15, 0.2) is 0 Å². The van der Waals surface area contributed by atoms with Gasteiger partial charge in [-0.05, 0) is 63.0 Å². The molecule has 3 heterocycles. The van der Waals surface area contributed by atoms with Gasteiger partial charge in [-0.1, -0.05) is 12.1 Å².